The summed E-state index contributed by atoms with van der Waals surface area (Å²) in [5.74, 6) is 0. The monoisotopic (exact) mass is 224 g/mol. The number of hydrogen-bond acceptors (Lipinski definition) is 2. The van der Waals surface area contributed by atoms with Gasteiger partial charge in [-0.05, 0) is 0 Å². The molecule has 0 aromatic heterocycles. The molecule has 0 atom stereocenters. The molecule has 0 fully saturated rings. The minimum atomic E-state index is -3.13. The van der Waals surface area contributed by atoms with Crippen molar-refractivity contribution in [2.45, 2.75) is 0 Å². The van der Waals surface area contributed by atoms with Crippen LogP contribution < -0.4 is 0 Å². The van der Waals surface area contributed by atoms with E-state index in [2.05, 4.69) is 0 Å². The van der Waals surface area contributed by atoms with Crippen molar-refractivity contribution in [2.24, 2.45) is 0 Å². The third-order valence-corrected chi connectivity index (χ3v) is 0. The van der Waals surface area contributed by atoms with Gasteiger partial charge in [-0.2, -0.15) is 0 Å². The molecule has 0 spiro atoms. The third kappa shape index (κ3) is 1070. The van der Waals surface area contributed by atoms with Crippen LogP contribution in [0.15, 0.2) is 0 Å². The van der Waals surface area contributed by atoms with Crippen molar-refractivity contribution >= 4 is 71.9 Å². The van der Waals surface area contributed by atoms with Crippen LogP contribution in [0.25, 0.3) is 0 Å². The van der Waals surface area contributed by atoms with Crippen LogP contribution in [0.5, 0.6) is 0 Å². The summed E-state index contributed by atoms with van der Waals surface area (Å²) in [6.45, 7) is 0. The van der Waals surface area contributed by atoms with Crippen molar-refractivity contribution in [3.63, 3.8) is 0 Å². The first-order valence-electron chi connectivity index (χ1n) is 1.30. The quantitative estimate of drug-likeness (QED) is 0.304. The standard InChI is InChI=1S/2Al.Li.2H2O3Si.7H/c;;;2*1-4(2)3;;;;;;;/h;;;2*1-2H;;;;;;;. The molecule has 0 radical (unpaired) electrons. The molecule has 0 aromatic rings. The van der Waals surface area contributed by atoms with E-state index in [0.717, 1.165) is 0 Å². The molecule has 0 unspecified atom stereocenters. The van der Waals surface area contributed by atoms with Crippen molar-refractivity contribution in [2.75, 3.05) is 0 Å². The molecule has 0 aliphatic carbocycles. The zero-order chi connectivity index (χ0) is 7.15. The first kappa shape index (κ1) is 29.7. The van der Waals surface area contributed by atoms with E-state index in [4.69, 9.17) is 28.1 Å². The third-order valence-electron chi connectivity index (χ3n) is 0. The van der Waals surface area contributed by atoms with Crippen LogP contribution in [0.4, 0.5) is 0 Å². The Bertz CT molecular complexity index is 76.6. The second-order valence-corrected chi connectivity index (χ2v) is 1.70. The van der Waals surface area contributed by atoms with Crippen molar-refractivity contribution in [1.82, 2.24) is 0 Å². The molecule has 6 nitrogen and oxygen atoms in total. The second-order valence-electron chi connectivity index (χ2n) is 0.565. The number of rotatable bonds is 0. The van der Waals surface area contributed by atoms with Crippen LogP contribution in [0.3, 0.4) is 0 Å². The molecule has 0 saturated carbocycles. The topological polar surface area (TPSA) is 115 Å². The second kappa shape index (κ2) is 22.4. The van der Waals surface area contributed by atoms with Crippen molar-refractivity contribution in [1.29, 1.82) is 0 Å². The molecule has 0 heterocycles. The van der Waals surface area contributed by atoms with E-state index < -0.39 is 18.3 Å². The summed E-state index contributed by atoms with van der Waals surface area (Å²) < 4.78 is 17.5. The molecule has 0 bridgehead atoms. The Morgan fingerprint density at radius 3 is 0.727 bits per heavy atom. The summed E-state index contributed by atoms with van der Waals surface area (Å²) in [5.41, 5.74) is 0. The van der Waals surface area contributed by atoms with Gasteiger partial charge in [0.05, 0.1) is 0 Å². The SMILES string of the molecule is O=[Si](O)O.O=[Si](O)O.[AlH3].[AlH3].[LiH]. The molecule has 0 rings (SSSR count). The first-order chi connectivity index (χ1) is 3.46. The van der Waals surface area contributed by atoms with Gasteiger partial charge in [0, 0.05) is 0 Å². The normalized spacial score (nSPS) is 4.36. The van der Waals surface area contributed by atoms with Crippen LogP contribution in [0.2, 0.25) is 0 Å². The fourth-order valence-corrected chi connectivity index (χ4v) is 0. The molecule has 0 aliphatic heterocycles. The molecule has 0 aliphatic rings. The Labute approximate surface area is 99.5 Å². The minimum absolute atomic E-state index is 0. The molecular formula is H11Al2LiO6Si2. The molecule has 62 valence electrons. The van der Waals surface area contributed by atoms with Gasteiger partial charge in [0.2, 0.25) is 0 Å². The summed E-state index contributed by atoms with van der Waals surface area (Å²) in [5, 5.41) is 0. The van der Waals surface area contributed by atoms with Crippen molar-refractivity contribution < 1.29 is 28.1 Å². The molecule has 0 amide bonds. The van der Waals surface area contributed by atoms with E-state index in [0.29, 0.717) is 0 Å². The molecule has 11 heavy (non-hydrogen) atoms. The summed E-state index contributed by atoms with van der Waals surface area (Å²) in [4.78, 5) is 28.6. The maximum absolute atomic E-state index is 8.74. The molecular weight excluding hydrogens is 213 g/mol. The average molecular weight is 224 g/mol. The van der Waals surface area contributed by atoms with Crippen molar-refractivity contribution in [3.8, 4) is 0 Å². The Kier molecular flexibility index (Phi) is 60.6. The van der Waals surface area contributed by atoms with E-state index in [1.54, 1.807) is 0 Å². The Morgan fingerprint density at radius 2 is 0.727 bits per heavy atom. The maximum atomic E-state index is 8.74. The van der Waals surface area contributed by atoms with Gasteiger partial charge in [-0.15, -0.1) is 0 Å². The van der Waals surface area contributed by atoms with E-state index in [1.807, 2.05) is 0 Å². The fourth-order valence-electron chi connectivity index (χ4n) is 0. The summed E-state index contributed by atoms with van der Waals surface area (Å²) in [6, 6.07) is 0. The van der Waals surface area contributed by atoms with E-state index in [9.17, 15) is 0 Å². The van der Waals surface area contributed by atoms with E-state index >= 15 is 0 Å². The van der Waals surface area contributed by atoms with Gasteiger partial charge in [0.25, 0.3) is 0 Å². The van der Waals surface area contributed by atoms with Gasteiger partial charge in [0.1, 0.15) is 0 Å². The van der Waals surface area contributed by atoms with Gasteiger partial charge in [-0.25, -0.2) is 0 Å². The molecule has 0 saturated heterocycles. The predicted octanol–water partition coefficient (Wildman–Crippen LogP) is -6.24. The molecule has 0 aromatic carbocycles. The number of hydrogen-bond donors (Lipinski definition) is 4. The Morgan fingerprint density at radius 1 is 0.727 bits per heavy atom. The van der Waals surface area contributed by atoms with Gasteiger partial charge in [-0.1, -0.05) is 0 Å². The van der Waals surface area contributed by atoms with Crippen molar-refractivity contribution in [3.05, 3.63) is 0 Å². The Balaban J connectivity index is -0.0000000171. The Hall–Kier alpha value is 0.896. The van der Waals surface area contributed by atoms with E-state index in [1.165, 1.54) is 0 Å². The average Bonchev–Trinajstić information content (AvgIpc) is 1.25. The van der Waals surface area contributed by atoms with E-state index in [-0.39, 0.29) is 53.6 Å². The zero-order valence-electron chi connectivity index (χ0n) is 3.61. The van der Waals surface area contributed by atoms with Gasteiger partial charge >= 0.3 is 37.2 Å². The van der Waals surface area contributed by atoms with Crippen LogP contribution in [-0.2, 0) is 8.92 Å². The fraction of sp³-hybridized carbons (Fsp3) is 0. The van der Waals surface area contributed by atoms with Gasteiger partial charge < -0.3 is 19.2 Å². The van der Waals surface area contributed by atoms with Crippen LogP contribution in [-0.4, -0.2) is 91.1 Å². The molecule has 4 N–H and O–H groups in total. The van der Waals surface area contributed by atoms with Crippen LogP contribution in [0, 0.1) is 0 Å². The van der Waals surface area contributed by atoms with Crippen LogP contribution in [0.1, 0.15) is 0 Å². The summed E-state index contributed by atoms with van der Waals surface area (Å²) in [7, 11) is -6.26. The summed E-state index contributed by atoms with van der Waals surface area (Å²) in [6.07, 6.45) is 0. The van der Waals surface area contributed by atoms with Crippen LogP contribution >= 0.6 is 0 Å². The van der Waals surface area contributed by atoms with Gasteiger partial charge in [0.15, 0.2) is 34.7 Å². The predicted molar refractivity (Wildman–Crippen MR) is 48.8 cm³/mol. The first-order valence-corrected chi connectivity index (χ1v) is 3.91. The van der Waals surface area contributed by atoms with Gasteiger partial charge in [-0.3, -0.25) is 8.92 Å². The molecule has 11 heteroatoms. The summed E-state index contributed by atoms with van der Waals surface area (Å²) >= 11 is 0. The zero-order valence-corrected chi connectivity index (χ0v) is 5.61.